The molecule has 1 aliphatic heterocycles. The van der Waals surface area contributed by atoms with Crippen LogP contribution in [-0.2, 0) is 14.3 Å². The standard InChI is InChI=1S/C11H20O4/c1-6-5-7(2)11(14-4)15-9(6)8(3)10(12)13/h6-9,11H,5H2,1-4H3,(H,12,13)/t6-,7+,8-,9-,11?/m0/s1. The lowest BCUT2D eigenvalue weighted by molar-refractivity contribution is -0.233. The Morgan fingerprint density at radius 1 is 1.47 bits per heavy atom. The van der Waals surface area contributed by atoms with E-state index in [1.165, 1.54) is 0 Å². The molecule has 4 nitrogen and oxygen atoms in total. The van der Waals surface area contributed by atoms with Crippen LogP contribution in [0.2, 0.25) is 0 Å². The SMILES string of the molecule is COC1O[C@H]([C@H](C)C(=O)O)[C@@H](C)C[C@H]1C. The Labute approximate surface area is 90.6 Å². The van der Waals surface area contributed by atoms with E-state index in [-0.39, 0.29) is 18.3 Å². The molecule has 4 heteroatoms. The zero-order valence-corrected chi connectivity index (χ0v) is 9.77. The second-order valence-electron chi connectivity index (χ2n) is 4.52. The summed E-state index contributed by atoms with van der Waals surface area (Å²) < 4.78 is 10.9. The van der Waals surface area contributed by atoms with E-state index in [0.29, 0.717) is 5.92 Å². The van der Waals surface area contributed by atoms with E-state index < -0.39 is 11.9 Å². The van der Waals surface area contributed by atoms with Gasteiger partial charge in [-0.3, -0.25) is 4.79 Å². The van der Waals surface area contributed by atoms with Gasteiger partial charge in [0.1, 0.15) is 0 Å². The third kappa shape index (κ3) is 2.69. The van der Waals surface area contributed by atoms with Crippen molar-refractivity contribution in [2.24, 2.45) is 17.8 Å². The van der Waals surface area contributed by atoms with Gasteiger partial charge in [0.05, 0.1) is 12.0 Å². The molecule has 0 saturated carbocycles. The largest absolute Gasteiger partial charge is 0.481 e. The maximum absolute atomic E-state index is 10.9. The molecule has 0 radical (unpaired) electrons. The van der Waals surface area contributed by atoms with Crippen LogP contribution in [0.4, 0.5) is 0 Å². The average molecular weight is 216 g/mol. The van der Waals surface area contributed by atoms with E-state index in [0.717, 1.165) is 6.42 Å². The van der Waals surface area contributed by atoms with Crippen molar-refractivity contribution in [2.45, 2.75) is 39.6 Å². The molecule has 0 amide bonds. The Morgan fingerprint density at radius 2 is 2.07 bits per heavy atom. The molecule has 1 unspecified atom stereocenters. The molecule has 1 rings (SSSR count). The van der Waals surface area contributed by atoms with Gasteiger partial charge in [-0.15, -0.1) is 0 Å². The number of carboxylic acids is 1. The summed E-state index contributed by atoms with van der Waals surface area (Å²) in [6, 6.07) is 0. The van der Waals surface area contributed by atoms with E-state index in [1.54, 1.807) is 14.0 Å². The van der Waals surface area contributed by atoms with E-state index in [9.17, 15) is 4.79 Å². The van der Waals surface area contributed by atoms with E-state index in [4.69, 9.17) is 14.6 Å². The highest BCUT2D eigenvalue weighted by Crippen LogP contribution is 2.33. The smallest absolute Gasteiger partial charge is 0.308 e. The van der Waals surface area contributed by atoms with E-state index >= 15 is 0 Å². The quantitative estimate of drug-likeness (QED) is 0.780. The van der Waals surface area contributed by atoms with Crippen LogP contribution in [0.25, 0.3) is 0 Å². The number of ether oxygens (including phenoxy) is 2. The number of hydrogen-bond acceptors (Lipinski definition) is 3. The molecule has 1 aliphatic rings. The van der Waals surface area contributed by atoms with Gasteiger partial charge in [0, 0.05) is 13.0 Å². The number of aliphatic carboxylic acids is 1. The zero-order chi connectivity index (χ0) is 11.6. The van der Waals surface area contributed by atoms with Crippen LogP contribution in [-0.4, -0.2) is 30.6 Å². The Morgan fingerprint density at radius 3 is 2.53 bits per heavy atom. The van der Waals surface area contributed by atoms with E-state index in [1.807, 2.05) is 6.92 Å². The fourth-order valence-corrected chi connectivity index (χ4v) is 2.29. The predicted molar refractivity (Wildman–Crippen MR) is 55.4 cm³/mol. The highest BCUT2D eigenvalue weighted by Gasteiger charge is 2.38. The molecule has 88 valence electrons. The lowest BCUT2D eigenvalue weighted by Gasteiger charge is -2.39. The summed E-state index contributed by atoms with van der Waals surface area (Å²) in [5.74, 6) is -0.707. The summed E-state index contributed by atoms with van der Waals surface area (Å²) >= 11 is 0. The van der Waals surface area contributed by atoms with Crippen LogP contribution in [0.15, 0.2) is 0 Å². The van der Waals surface area contributed by atoms with Crippen molar-refractivity contribution in [3.8, 4) is 0 Å². The Bertz CT molecular complexity index is 229. The van der Waals surface area contributed by atoms with Gasteiger partial charge in [-0.1, -0.05) is 13.8 Å². The van der Waals surface area contributed by atoms with Crippen LogP contribution in [0, 0.1) is 17.8 Å². The van der Waals surface area contributed by atoms with Crippen molar-refractivity contribution in [1.82, 2.24) is 0 Å². The van der Waals surface area contributed by atoms with Gasteiger partial charge < -0.3 is 14.6 Å². The number of methoxy groups -OCH3 is 1. The Balaban J connectivity index is 2.68. The molecule has 0 spiro atoms. The first-order valence-corrected chi connectivity index (χ1v) is 5.38. The molecule has 1 heterocycles. The summed E-state index contributed by atoms with van der Waals surface area (Å²) in [7, 11) is 1.60. The molecule has 1 fully saturated rings. The highest BCUT2D eigenvalue weighted by molar-refractivity contribution is 5.70. The average Bonchev–Trinajstić information content (AvgIpc) is 2.17. The lowest BCUT2D eigenvalue weighted by atomic mass is 9.83. The second kappa shape index (κ2) is 4.94. The van der Waals surface area contributed by atoms with Crippen LogP contribution in [0.5, 0.6) is 0 Å². The number of carboxylic acid groups (broad SMARTS) is 1. The molecule has 0 aromatic heterocycles. The maximum atomic E-state index is 10.9. The lowest BCUT2D eigenvalue weighted by Crippen LogP contribution is -2.45. The Kier molecular flexibility index (Phi) is 4.11. The highest BCUT2D eigenvalue weighted by atomic mass is 16.7. The zero-order valence-electron chi connectivity index (χ0n) is 9.77. The number of rotatable bonds is 3. The first-order valence-electron chi connectivity index (χ1n) is 5.38. The van der Waals surface area contributed by atoms with Gasteiger partial charge in [0.2, 0.25) is 0 Å². The van der Waals surface area contributed by atoms with Gasteiger partial charge in [0.25, 0.3) is 0 Å². The minimum Gasteiger partial charge on any atom is -0.481 e. The molecule has 0 bridgehead atoms. The van der Waals surface area contributed by atoms with Crippen molar-refractivity contribution in [3.05, 3.63) is 0 Å². The second-order valence-corrected chi connectivity index (χ2v) is 4.52. The summed E-state index contributed by atoms with van der Waals surface area (Å²) in [5.41, 5.74) is 0. The summed E-state index contributed by atoms with van der Waals surface area (Å²) in [6.45, 7) is 5.78. The molecule has 0 aromatic rings. The Hall–Kier alpha value is -0.610. The summed E-state index contributed by atoms with van der Waals surface area (Å²) in [6.07, 6.45) is 0.428. The molecule has 15 heavy (non-hydrogen) atoms. The van der Waals surface area contributed by atoms with Crippen molar-refractivity contribution < 1.29 is 19.4 Å². The van der Waals surface area contributed by atoms with Gasteiger partial charge in [-0.25, -0.2) is 0 Å². The maximum Gasteiger partial charge on any atom is 0.308 e. The summed E-state index contributed by atoms with van der Waals surface area (Å²) in [4.78, 5) is 10.9. The molecular weight excluding hydrogens is 196 g/mol. The minimum absolute atomic E-state index is 0.247. The predicted octanol–water partition coefficient (Wildman–Crippen LogP) is 1.74. The fourth-order valence-electron chi connectivity index (χ4n) is 2.29. The normalized spacial score (nSPS) is 38.7. The van der Waals surface area contributed by atoms with Gasteiger partial charge in [-0.05, 0) is 19.3 Å². The topological polar surface area (TPSA) is 55.8 Å². The molecular formula is C11H20O4. The first-order chi connectivity index (χ1) is 6.97. The number of carbonyl (C=O) groups is 1. The molecule has 5 atom stereocenters. The number of hydrogen-bond donors (Lipinski definition) is 1. The van der Waals surface area contributed by atoms with E-state index in [2.05, 4.69) is 6.92 Å². The van der Waals surface area contributed by atoms with Crippen molar-refractivity contribution in [1.29, 1.82) is 0 Å². The molecule has 1 saturated heterocycles. The third-order valence-corrected chi connectivity index (χ3v) is 3.17. The van der Waals surface area contributed by atoms with Crippen molar-refractivity contribution >= 4 is 5.97 Å². The third-order valence-electron chi connectivity index (χ3n) is 3.17. The monoisotopic (exact) mass is 216 g/mol. The van der Waals surface area contributed by atoms with Crippen LogP contribution >= 0.6 is 0 Å². The van der Waals surface area contributed by atoms with Gasteiger partial charge >= 0.3 is 5.97 Å². The van der Waals surface area contributed by atoms with Crippen LogP contribution in [0.1, 0.15) is 27.2 Å². The molecule has 1 N–H and O–H groups in total. The molecule has 0 aliphatic carbocycles. The minimum atomic E-state index is -0.809. The fraction of sp³-hybridized carbons (Fsp3) is 0.909. The van der Waals surface area contributed by atoms with Gasteiger partial charge in [-0.2, -0.15) is 0 Å². The van der Waals surface area contributed by atoms with Crippen molar-refractivity contribution in [2.75, 3.05) is 7.11 Å². The van der Waals surface area contributed by atoms with Crippen LogP contribution in [0.3, 0.4) is 0 Å². The molecule has 0 aromatic carbocycles. The first kappa shape index (κ1) is 12.5. The van der Waals surface area contributed by atoms with Gasteiger partial charge in [0.15, 0.2) is 6.29 Å². The summed E-state index contributed by atoms with van der Waals surface area (Å²) in [5, 5.41) is 8.96. The van der Waals surface area contributed by atoms with Crippen LogP contribution < -0.4 is 0 Å². The van der Waals surface area contributed by atoms with Crippen molar-refractivity contribution in [3.63, 3.8) is 0 Å².